The normalized spacial score (nSPS) is 28.9. The molecular weight excluding hydrogens is 406 g/mol. The molecule has 2 aliphatic rings. The summed E-state index contributed by atoms with van der Waals surface area (Å²) in [6.45, 7) is 0.149. The minimum Gasteiger partial charge on any atom is -0.349 e. The molecule has 0 saturated carbocycles. The Morgan fingerprint density at radius 3 is 2.83 bits per heavy atom. The van der Waals surface area contributed by atoms with Gasteiger partial charge in [-0.25, -0.2) is 9.36 Å². The minimum absolute atomic E-state index is 0.0439. The van der Waals surface area contributed by atoms with Crippen molar-refractivity contribution in [2.45, 2.75) is 37.7 Å². The van der Waals surface area contributed by atoms with Gasteiger partial charge in [0.05, 0.1) is 19.4 Å². The SMILES string of the molecule is O=c1[nH]c(=O)n([C@H]2C[C@@H]3OP(=O)(OCCCc4ccccc4)OC[C@H]3O2)cc1F. The highest BCUT2D eigenvalue weighted by molar-refractivity contribution is 7.48. The molecule has 9 nitrogen and oxygen atoms in total. The Balaban J connectivity index is 1.34. The summed E-state index contributed by atoms with van der Waals surface area (Å²) in [6.07, 6.45) is 0.212. The zero-order valence-electron chi connectivity index (χ0n) is 15.4. The molecule has 11 heteroatoms. The van der Waals surface area contributed by atoms with Crippen molar-refractivity contribution in [2.75, 3.05) is 13.2 Å². The van der Waals surface area contributed by atoms with E-state index in [0.29, 0.717) is 6.42 Å². The number of hydrogen-bond donors (Lipinski definition) is 1. The molecule has 0 aliphatic carbocycles. The summed E-state index contributed by atoms with van der Waals surface area (Å²) in [5, 5.41) is 0. The third kappa shape index (κ3) is 4.57. The number of phosphoric acid groups is 1. The highest BCUT2D eigenvalue weighted by Crippen LogP contribution is 2.56. The number of benzene rings is 1. The van der Waals surface area contributed by atoms with Crippen LogP contribution in [0.4, 0.5) is 4.39 Å². The summed E-state index contributed by atoms with van der Waals surface area (Å²) in [6, 6.07) is 9.82. The standard InChI is InChI=1S/C18H20FN2O7P/c19-13-10-21(18(23)20-17(13)22)16-9-14-15(27-16)11-26-29(24,28-14)25-8-4-7-12-5-2-1-3-6-12/h1-3,5-6,10,14-16H,4,7-9,11H2,(H,20,22,23)/t14-,15+,16+,29?/m0/s1. The van der Waals surface area contributed by atoms with Crippen LogP contribution in [-0.2, 0) is 29.3 Å². The van der Waals surface area contributed by atoms with E-state index in [1.54, 1.807) is 0 Å². The highest BCUT2D eigenvalue weighted by atomic mass is 31.2. The Bertz CT molecular complexity index is 1020. The summed E-state index contributed by atoms with van der Waals surface area (Å²) in [7, 11) is -3.75. The predicted molar refractivity (Wildman–Crippen MR) is 99.0 cm³/mol. The number of fused-ring (bicyclic) bond motifs is 1. The molecule has 1 aromatic carbocycles. The number of H-pyrrole nitrogens is 1. The third-order valence-electron chi connectivity index (χ3n) is 4.78. The van der Waals surface area contributed by atoms with Gasteiger partial charge < -0.3 is 4.74 Å². The van der Waals surface area contributed by atoms with Crippen molar-refractivity contribution in [3.63, 3.8) is 0 Å². The van der Waals surface area contributed by atoms with Gasteiger partial charge in [0.15, 0.2) is 0 Å². The third-order valence-corrected chi connectivity index (χ3v) is 6.27. The number of nitrogens with zero attached hydrogens (tertiary/aromatic N) is 1. The molecule has 2 fully saturated rings. The van der Waals surface area contributed by atoms with Crippen molar-refractivity contribution >= 4 is 7.82 Å². The molecule has 0 spiro atoms. The number of halogens is 1. The molecule has 4 rings (SSSR count). The predicted octanol–water partition coefficient (Wildman–Crippen LogP) is 2.14. The quantitative estimate of drug-likeness (QED) is 0.557. The van der Waals surface area contributed by atoms with Gasteiger partial charge in [0, 0.05) is 6.42 Å². The van der Waals surface area contributed by atoms with Gasteiger partial charge in [-0.3, -0.25) is 27.9 Å². The molecule has 2 saturated heterocycles. The second kappa shape index (κ2) is 8.33. The number of ether oxygens (including phenoxy) is 1. The van der Waals surface area contributed by atoms with E-state index in [9.17, 15) is 18.5 Å². The van der Waals surface area contributed by atoms with Crippen molar-refractivity contribution in [3.05, 3.63) is 68.7 Å². The van der Waals surface area contributed by atoms with Gasteiger partial charge in [0.25, 0.3) is 5.56 Å². The molecule has 0 bridgehead atoms. The zero-order chi connectivity index (χ0) is 20.4. The van der Waals surface area contributed by atoms with Crippen LogP contribution < -0.4 is 11.2 Å². The lowest BCUT2D eigenvalue weighted by Gasteiger charge is -2.29. The number of nitrogens with one attached hydrogen (secondary N) is 1. The van der Waals surface area contributed by atoms with Crippen molar-refractivity contribution in [1.82, 2.24) is 9.55 Å². The van der Waals surface area contributed by atoms with Crippen LogP contribution in [0.1, 0.15) is 24.6 Å². The van der Waals surface area contributed by atoms with Gasteiger partial charge in [0.1, 0.15) is 18.4 Å². The summed E-state index contributed by atoms with van der Waals surface area (Å²) in [5.41, 5.74) is -0.763. The first-order valence-electron chi connectivity index (χ1n) is 9.21. The first kappa shape index (κ1) is 20.2. The van der Waals surface area contributed by atoms with E-state index >= 15 is 0 Å². The number of rotatable bonds is 6. The van der Waals surface area contributed by atoms with Crippen LogP contribution in [0.2, 0.25) is 0 Å². The maximum absolute atomic E-state index is 13.5. The van der Waals surface area contributed by atoms with Gasteiger partial charge in [-0.05, 0) is 18.4 Å². The highest BCUT2D eigenvalue weighted by Gasteiger charge is 2.48. The summed E-state index contributed by atoms with van der Waals surface area (Å²) >= 11 is 0. The number of aromatic nitrogens is 2. The van der Waals surface area contributed by atoms with Crippen LogP contribution in [0.3, 0.4) is 0 Å². The molecule has 29 heavy (non-hydrogen) atoms. The number of aromatic amines is 1. The Labute approximate surface area is 165 Å². The molecule has 0 radical (unpaired) electrons. The van der Waals surface area contributed by atoms with Crippen molar-refractivity contribution in [2.24, 2.45) is 0 Å². The van der Waals surface area contributed by atoms with Gasteiger partial charge >= 0.3 is 13.5 Å². The lowest BCUT2D eigenvalue weighted by Crippen LogP contribution is -2.34. The zero-order valence-corrected chi connectivity index (χ0v) is 16.3. The van der Waals surface area contributed by atoms with E-state index < -0.39 is 43.3 Å². The van der Waals surface area contributed by atoms with E-state index in [1.165, 1.54) is 0 Å². The molecule has 0 amide bonds. The Kier molecular flexibility index (Phi) is 5.80. The maximum Gasteiger partial charge on any atom is 0.475 e. The second-order valence-electron chi connectivity index (χ2n) is 6.82. The first-order chi connectivity index (χ1) is 13.9. The van der Waals surface area contributed by atoms with Crippen molar-refractivity contribution in [3.8, 4) is 0 Å². The summed E-state index contributed by atoms with van der Waals surface area (Å²) in [5.74, 6) is -1.10. The first-order valence-corrected chi connectivity index (χ1v) is 10.7. The average molecular weight is 426 g/mol. The fraction of sp³-hybridized carbons (Fsp3) is 0.444. The smallest absolute Gasteiger partial charge is 0.349 e. The number of phosphoric ester groups is 1. The monoisotopic (exact) mass is 426 g/mol. The molecule has 4 atom stereocenters. The van der Waals surface area contributed by atoms with E-state index in [1.807, 2.05) is 35.3 Å². The van der Waals surface area contributed by atoms with E-state index in [4.69, 9.17) is 18.3 Å². The minimum atomic E-state index is -3.75. The molecule has 3 heterocycles. The number of aryl methyl sites for hydroxylation is 1. The Morgan fingerprint density at radius 1 is 1.24 bits per heavy atom. The van der Waals surface area contributed by atoms with Gasteiger partial charge in [-0.2, -0.15) is 4.39 Å². The van der Waals surface area contributed by atoms with Crippen LogP contribution >= 0.6 is 7.82 Å². The van der Waals surface area contributed by atoms with E-state index in [2.05, 4.69) is 0 Å². The van der Waals surface area contributed by atoms with Crippen molar-refractivity contribution < 1.29 is 27.3 Å². The molecule has 2 aliphatic heterocycles. The van der Waals surface area contributed by atoms with Crippen LogP contribution in [0.25, 0.3) is 0 Å². The van der Waals surface area contributed by atoms with Gasteiger partial charge in [-0.15, -0.1) is 0 Å². The summed E-state index contributed by atoms with van der Waals surface area (Å²) < 4.78 is 48.9. The largest absolute Gasteiger partial charge is 0.475 e. The van der Waals surface area contributed by atoms with E-state index in [-0.39, 0.29) is 19.6 Å². The van der Waals surface area contributed by atoms with Crippen LogP contribution in [0.15, 0.2) is 46.1 Å². The molecule has 1 aromatic heterocycles. The topological polar surface area (TPSA) is 109 Å². The van der Waals surface area contributed by atoms with Gasteiger partial charge in [-0.1, -0.05) is 30.3 Å². The fourth-order valence-electron chi connectivity index (χ4n) is 3.33. The second-order valence-corrected chi connectivity index (χ2v) is 8.44. The Morgan fingerprint density at radius 2 is 2.03 bits per heavy atom. The molecule has 156 valence electrons. The lowest BCUT2D eigenvalue weighted by molar-refractivity contribution is -0.0724. The average Bonchev–Trinajstić information content (AvgIpc) is 3.11. The number of hydrogen-bond acceptors (Lipinski definition) is 7. The van der Waals surface area contributed by atoms with Crippen LogP contribution in [0.5, 0.6) is 0 Å². The maximum atomic E-state index is 13.5. The Hall–Kier alpha value is -2.10. The molecular formula is C18H20FN2O7P. The lowest BCUT2D eigenvalue weighted by atomic mass is 10.1. The van der Waals surface area contributed by atoms with Crippen LogP contribution in [-0.4, -0.2) is 35.0 Å². The fourth-order valence-corrected chi connectivity index (χ4v) is 4.76. The van der Waals surface area contributed by atoms with E-state index in [0.717, 1.165) is 22.7 Å². The van der Waals surface area contributed by atoms with Crippen molar-refractivity contribution in [1.29, 1.82) is 0 Å². The molecule has 2 aromatic rings. The summed E-state index contributed by atoms with van der Waals surface area (Å²) in [4.78, 5) is 25.0. The van der Waals surface area contributed by atoms with Crippen LogP contribution in [0, 0.1) is 5.82 Å². The van der Waals surface area contributed by atoms with Gasteiger partial charge in [0.2, 0.25) is 5.82 Å². The molecule has 1 unspecified atom stereocenters. The molecule has 1 N–H and O–H groups in total.